The van der Waals surface area contributed by atoms with E-state index < -0.39 is 34.6 Å². The van der Waals surface area contributed by atoms with Gasteiger partial charge < -0.3 is 4.74 Å². The third-order valence-corrected chi connectivity index (χ3v) is 3.32. The average Bonchev–Trinajstić information content (AvgIpc) is 2.42. The summed E-state index contributed by atoms with van der Waals surface area (Å²) in [5, 5.41) is 0. The first kappa shape index (κ1) is 16.5. The molecular formula is C16H15F5O. The fourth-order valence-corrected chi connectivity index (χ4v) is 2.14. The molecule has 1 aliphatic rings. The number of rotatable bonds is 4. The molecule has 0 saturated carbocycles. The summed E-state index contributed by atoms with van der Waals surface area (Å²) in [6.07, 6.45) is 1.97. The molecule has 0 spiro atoms. The molecule has 0 radical (unpaired) electrons. The molecule has 0 atom stereocenters. The van der Waals surface area contributed by atoms with Gasteiger partial charge in [0.2, 0.25) is 0 Å². The molecule has 0 unspecified atom stereocenters. The van der Waals surface area contributed by atoms with Crippen LogP contribution in [0.15, 0.2) is 36.1 Å². The lowest BCUT2D eigenvalue weighted by Crippen LogP contribution is -2.45. The second kappa shape index (κ2) is 5.74. The maximum absolute atomic E-state index is 14.2. The fraction of sp³-hybridized carbons (Fsp3) is 0.375. The summed E-state index contributed by atoms with van der Waals surface area (Å²) in [6, 6.07) is 3.49. The van der Waals surface area contributed by atoms with Gasteiger partial charge in [0.15, 0.2) is 5.76 Å². The summed E-state index contributed by atoms with van der Waals surface area (Å²) in [7, 11) is 0. The van der Waals surface area contributed by atoms with E-state index in [0.717, 1.165) is 24.3 Å². The van der Waals surface area contributed by atoms with Gasteiger partial charge in [-0.2, -0.15) is 17.6 Å². The lowest BCUT2D eigenvalue weighted by molar-refractivity contribution is -0.172. The summed E-state index contributed by atoms with van der Waals surface area (Å²) in [5.74, 6) is -11.1. The van der Waals surface area contributed by atoms with E-state index >= 15 is 0 Å². The molecule has 0 N–H and O–H groups in total. The van der Waals surface area contributed by atoms with Gasteiger partial charge in [-0.25, -0.2) is 4.39 Å². The van der Waals surface area contributed by atoms with Crippen molar-refractivity contribution in [2.45, 2.75) is 32.1 Å². The molecule has 0 heterocycles. The van der Waals surface area contributed by atoms with Crippen LogP contribution in [0.3, 0.4) is 0 Å². The summed E-state index contributed by atoms with van der Waals surface area (Å²) in [6.45, 7) is 3.15. The number of hydrogen-bond acceptors (Lipinski definition) is 1. The summed E-state index contributed by atoms with van der Waals surface area (Å²) >= 11 is 0. The molecule has 0 aliphatic heterocycles. The fourth-order valence-electron chi connectivity index (χ4n) is 2.14. The number of allylic oxidation sites excluding steroid dienone is 4. The molecular weight excluding hydrogens is 303 g/mol. The van der Waals surface area contributed by atoms with E-state index in [0.29, 0.717) is 12.0 Å². The van der Waals surface area contributed by atoms with Crippen LogP contribution in [0.25, 0.3) is 5.57 Å². The Bertz CT molecular complexity index is 631. The van der Waals surface area contributed by atoms with E-state index in [1.165, 1.54) is 6.07 Å². The quantitative estimate of drug-likeness (QED) is 0.701. The highest BCUT2D eigenvalue weighted by Crippen LogP contribution is 2.51. The van der Waals surface area contributed by atoms with Crippen LogP contribution in [0.2, 0.25) is 0 Å². The van der Waals surface area contributed by atoms with Gasteiger partial charge in [0, 0.05) is 11.1 Å². The molecule has 0 amide bonds. The third-order valence-electron chi connectivity index (χ3n) is 3.32. The molecule has 1 nitrogen and oxygen atoms in total. The number of aryl methyl sites for hydroxylation is 1. The largest absolute Gasteiger partial charge is 0.491 e. The minimum absolute atomic E-state index is 0.0976. The van der Waals surface area contributed by atoms with Crippen LogP contribution in [0.1, 0.15) is 24.5 Å². The molecule has 0 aromatic heterocycles. The van der Waals surface area contributed by atoms with Crippen molar-refractivity contribution in [2.24, 2.45) is 0 Å². The van der Waals surface area contributed by atoms with Crippen LogP contribution in [0.5, 0.6) is 0 Å². The van der Waals surface area contributed by atoms with Gasteiger partial charge >= 0.3 is 11.8 Å². The highest BCUT2D eigenvalue weighted by molar-refractivity contribution is 5.76. The van der Waals surface area contributed by atoms with Crippen molar-refractivity contribution in [3.8, 4) is 0 Å². The molecule has 1 aromatic rings. The molecule has 2 rings (SSSR count). The summed E-state index contributed by atoms with van der Waals surface area (Å²) < 4.78 is 75.0. The SMILES string of the molecule is CCCOC1=CC=C(c2ccc(C)cc2F)C(F)(F)C1(F)F. The Hall–Kier alpha value is -1.85. The zero-order valence-electron chi connectivity index (χ0n) is 12.1. The summed E-state index contributed by atoms with van der Waals surface area (Å²) in [4.78, 5) is 0. The lowest BCUT2D eigenvalue weighted by Gasteiger charge is -2.33. The predicted octanol–water partition coefficient (Wildman–Crippen LogP) is 5.11. The van der Waals surface area contributed by atoms with E-state index in [-0.39, 0.29) is 6.61 Å². The highest BCUT2D eigenvalue weighted by Gasteiger charge is 2.64. The van der Waals surface area contributed by atoms with E-state index in [2.05, 4.69) is 0 Å². The number of alkyl halides is 4. The Morgan fingerprint density at radius 1 is 1.05 bits per heavy atom. The van der Waals surface area contributed by atoms with Crippen LogP contribution in [-0.2, 0) is 4.74 Å². The van der Waals surface area contributed by atoms with Crippen molar-refractivity contribution < 1.29 is 26.7 Å². The molecule has 1 aromatic carbocycles. The van der Waals surface area contributed by atoms with Crippen molar-refractivity contribution in [1.82, 2.24) is 0 Å². The second-order valence-electron chi connectivity index (χ2n) is 5.09. The minimum Gasteiger partial charge on any atom is -0.491 e. The molecule has 120 valence electrons. The highest BCUT2D eigenvalue weighted by atomic mass is 19.3. The number of ether oxygens (including phenoxy) is 1. The number of benzene rings is 1. The maximum atomic E-state index is 14.2. The molecule has 22 heavy (non-hydrogen) atoms. The summed E-state index contributed by atoms with van der Waals surface area (Å²) in [5.41, 5.74) is -1.09. The first-order chi connectivity index (χ1) is 10.2. The van der Waals surface area contributed by atoms with Crippen LogP contribution < -0.4 is 0 Å². The topological polar surface area (TPSA) is 9.23 Å². The van der Waals surface area contributed by atoms with Gasteiger partial charge in [0.05, 0.1) is 6.61 Å². The van der Waals surface area contributed by atoms with Crippen molar-refractivity contribution >= 4 is 5.57 Å². The maximum Gasteiger partial charge on any atom is 0.370 e. The number of halogens is 5. The van der Waals surface area contributed by atoms with Crippen molar-refractivity contribution in [3.63, 3.8) is 0 Å². The monoisotopic (exact) mass is 318 g/mol. The van der Waals surface area contributed by atoms with E-state index in [1.54, 1.807) is 13.8 Å². The first-order valence-corrected chi connectivity index (χ1v) is 6.79. The molecule has 0 saturated heterocycles. The van der Waals surface area contributed by atoms with Gasteiger partial charge in [-0.3, -0.25) is 0 Å². The van der Waals surface area contributed by atoms with Crippen molar-refractivity contribution in [2.75, 3.05) is 6.61 Å². The Labute approximate surface area is 125 Å². The lowest BCUT2D eigenvalue weighted by atomic mass is 9.89. The van der Waals surface area contributed by atoms with Gasteiger partial charge in [-0.05, 0) is 37.1 Å². The van der Waals surface area contributed by atoms with Gasteiger partial charge in [-0.1, -0.05) is 19.1 Å². The van der Waals surface area contributed by atoms with Crippen LogP contribution in [-0.4, -0.2) is 18.5 Å². The van der Waals surface area contributed by atoms with E-state index in [9.17, 15) is 22.0 Å². The standard InChI is InChI=1S/C16H15F5O/c1-3-8-22-14-7-6-12(15(18,19)16(14,20)21)11-5-4-10(2)9-13(11)17/h4-7,9H,3,8H2,1-2H3. The van der Waals surface area contributed by atoms with Crippen LogP contribution in [0.4, 0.5) is 22.0 Å². The zero-order valence-corrected chi connectivity index (χ0v) is 12.1. The Morgan fingerprint density at radius 2 is 1.73 bits per heavy atom. The third kappa shape index (κ3) is 2.62. The Balaban J connectivity index is 2.51. The van der Waals surface area contributed by atoms with Gasteiger partial charge in [-0.15, -0.1) is 0 Å². The van der Waals surface area contributed by atoms with Crippen molar-refractivity contribution in [1.29, 1.82) is 0 Å². The molecule has 0 bridgehead atoms. The van der Waals surface area contributed by atoms with Gasteiger partial charge in [0.1, 0.15) is 5.82 Å². The zero-order chi connectivity index (χ0) is 16.5. The van der Waals surface area contributed by atoms with Crippen LogP contribution >= 0.6 is 0 Å². The average molecular weight is 318 g/mol. The predicted molar refractivity (Wildman–Crippen MR) is 73.3 cm³/mol. The Kier molecular flexibility index (Phi) is 4.31. The second-order valence-corrected chi connectivity index (χ2v) is 5.09. The van der Waals surface area contributed by atoms with Crippen molar-refractivity contribution in [3.05, 3.63) is 53.1 Å². The first-order valence-electron chi connectivity index (χ1n) is 6.79. The molecule has 6 heteroatoms. The van der Waals surface area contributed by atoms with Crippen LogP contribution in [0, 0.1) is 12.7 Å². The normalized spacial score (nSPS) is 19.4. The Morgan fingerprint density at radius 3 is 2.32 bits per heavy atom. The molecule has 1 aliphatic carbocycles. The molecule has 0 fully saturated rings. The van der Waals surface area contributed by atoms with E-state index in [4.69, 9.17) is 4.74 Å². The van der Waals surface area contributed by atoms with Gasteiger partial charge in [0.25, 0.3) is 0 Å². The number of hydrogen-bond donors (Lipinski definition) is 0. The van der Waals surface area contributed by atoms with E-state index in [1.807, 2.05) is 0 Å². The smallest absolute Gasteiger partial charge is 0.370 e. The minimum atomic E-state index is -4.55.